The normalized spacial score (nSPS) is 18.3. The zero-order valence-electron chi connectivity index (χ0n) is 14.0. The van der Waals surface area contributed by atoms with Gasteiger partial charge in [0.1, 0.15) is 17.4 Å². The number of para-hydroxylation sites is 1. The highest BCUT2D eigenvalue weighted by atomic mass is 16.5. The molecule has 2 atom stereocenters. The summed E-state index contributed by atoms with van der Waals surface area (Å²) in [6.07, 6.45) is 2.41. The Kier molecular flexibility index (Phi) is 4.53. The molecule has 0 saturated carbocycles. The van der Waals surface area contributed by atoms with Crippen molar-refractivity contribution in [1.29, 1.82) is 0 Å². The summed E-state index contributed by atoms with van der Waals surface area (Å²) in [5, 5.41) is 4.16. The molecule has 25 heavy (non-hydrogen) atoms. The molecule has 1 saturated heterocycles. The highest BCUT2D eigenvalue weighted by Gasteiger charge is 2.24. The topological polar surface area (TPSA) is 51.5 Å². The summed E-state index contributed by atoms with van der Waals surface area (Å²) in [5.41, 5.74) is 1.83. The first-order chi connectivity index (χ1) is 12.3. The lowest BCUT2D eigenvalue weighted by Gasteiger charge is -2.18. The molecule has 0 aliphatic carbocycles. The van der Waals surface area contributed by atoms with Gasteiger partial charge in [-0.15, -0.1) is 0 Å². The Bertz CT molecular complexity index is 817. The van der Waals surface area contributed by atoms with Gasteiger partial charge in [-0.05, 0) is 30.5 Å². The number of benzene rings is 2. The molecule has 3 aromatic rings. The van der Waals surface area contributed by atoms with Crippen molar-refractivity contribution in [2.24, 2.45) is 0 Å². The van der Waals surface area contributed by atoms with Crippen LogP contribution in [0.15, 0.2) is 65.1 Å². The Morgan fingerprint density at radius 2 is 1.92 bits per heavy atom. The number of carbonyl (C=O) groups is 1. The Labute approximate surface area is 146 Å². The van der Waals surface area contributed by atoms with Crippen LogP contribution in [0, 0.1) is 0 Å². The number of ether oxygens (including phenoxy) is 1. The molecule has 4 heteroatoms. The lowest BCUT2D eigenvalue weighted by molar-refractivity contribution is -0.123. The van der Waals surface area contributed by atoms with Crippen molar-refractivity contribution < 1.29 is 13.9 Å². The highest BCUT2D eigenvalue weighted by Crippen LogP contribution is 2.28. The van der Waals surface area contributed by atoms with Gasteiger partial charge in [-0.1, -0.05) is 48.5 Å². The molecule has 1 amide bonds. The minimum Gasteiger partial charge on any atom is -0.459 e. The number of carbonyl (C=O) groups excluding carboxylic acids is 1. The maximum Gasteiger partial charge on any atom is 0.223 e. The molecule has 2 heterocycles. The lowest BCUT2D eigenvalue weighted by Crippen LogP contribution is -2.31. The van der Waals surface area contributed by atoms with E-state index in [-0.39, 0.29) is 18.1 Å². The third kappa shape index (κ3) is 3.59. The predicted molar refractivity (Wildman–Crippen MR) is 96.2 cm³/mol. The third-order valence-corrected chi connectivity index (χ3v) is 4.60. The van der Waals surface area contributed by atoms with E-state index in [1.165, 1.54) is 0 Å². The average Bonchev–Trinajstić information content (AvgIpc) is 3.29. The Morgan fingerprint density at radius 1 is 1.12 bits per heavy atom. The van der Waals surface area contributed by atoms with Crippen LogP contribution >= 0.6 is 0 Å². The summed E-state index contributed by atoms with van der Waals surface area (Å²) in [4.78, 5) is 12.5. The van der Waals surface area contributed by atoms with Crippen molar-refractivity contribution in [2.75, 3.05) is 6.61 Å². The van der Waals surface area contributed by atoms with Gasteiger partial charge >= 0.3 is 0 Å². The zero-order valence-corrected chi connectivity index (χ0v) is 14.0. The smallest absolute Gasteiger partial charge is 0.223 e. The van der Waals surface area contributed by atoms with E-state index in [0.717, 1.165) is 41.7 Å². The summed E-state index contributed by atoms with van der Waals surface area (Å²) in [6.45, 7) is 0.754. The molecule has 0 bridgehead atoms. The zero-order chi connectivity index (χ0) is 17.1. The van der Waals surface area contributed by atoms with Crippen LogP contribution in [0.4, 0.5) is 0 Å². The summed E-state index contributed by atoms with van der Waals surface area (Å²) in [6, 6.07) is 19.5. The van der Waals surface area contributed by atoms with Gasteiger partial charge in [-0.2, -0.15) is 0 Å². The first kappa shape index (κ1) is 15.9. The van der Waals surface area contributed by atoms with Crippen molar-refractivity contribution in [3.8, 4) is 0 Å². The van der Waals surface area contributed by atoms with E-state index < -0.39 is 0 Å². The van der Waals surface area contributed by atoms with Gasteiger partial charge in [0, 0.05) is 12.0 Å². The number of rotatable bonds is 5. The second-order valence-corrected chi connectivity index (χ2v) is 6.44. The van der Waals surface area contributed by atoms with Gasteiger partial charge in [-0.3, -0.25) is 4.79 Å². The SMILES string of the molecule is O=C(C[C@H]1CCCO1)N[C@@H](c1ccccc1)c1cc2ccccc2o1. The molecule has 1 aliphatic rings. The monoisotopic (exact) mass is 335 g/mol. The van der Waals surface area contributed by atoms with Crippen LogP contribution in [0.2, 0.25) is 0 Å². The second-order valence-electron chi connectivity index (χ2n) is 6.44. The van der Waals surface area contributed by atoms with Gasteiger partial charge in [0.15, 0.2) is 0 Å². The molecule has 0 spiro atoms. The molecule has 1 N–H and O–H groups in total. The van der Waals surface area contributed by atoms with Crippen molar-refractivity contribution in [3.63, 3.8) is 0 Å². The lowest BCUT2D eigenvalue weighted by atomic mass is 10.0. The molecule has 2 aromatic carbocycles. The van der Waals surface area contributed by atoms with Crippen molar-refractivity contribution in [2.45, 2.75) is 31.4 Å². The maximum absolute atomic E-state index is 12.5. The van der Waals surface area contributed by atoms with E-state index in [4.69, 9.17) is 9.15 Å². The highest BCUT2D eigenvalue weighted by molar-refractivity contribution is 5.80. The Balaban J connectivity index is 1.61. The number of furan rings is 1. The van der Waals surface area contributed by atoms with Crippen LogP contribution in [0.1, 0.15) is 36.6 Å². The minimum atomic E-state index is -0.303. The minimum absolute atomic E-state index is 0.0128. The van der Waals surface area contributed by atoms with Crippen LogP contribution in [-0.4, -0.2) is 18.6 Å². The van der Waals surface area contributed by atoms with E-state index in [9.17, 15) is 4.79 Å². The molecule has 0 unspecified atom stereocenters. The molecule has 0 radical (unpaired) electrons. The molecule has 4 rings (SSSR count). The number of nitrogens with one attached hydrogen (secondary N) is 1. The number of hydrogen-bond donors (Lipinski definition) is 1. The summed E-state index contributed by atoms with van der Waals surface area (Å²) >= 11 is 0. The number of amides is 1. The molecule has 1 aliphatic heterocycles. The molecule has 128 valence electrons. The van der Waals surface area contributed by atoms with Crippen LogP contribution in [0.5, 0.6) is 0 Å². The first-order valence-corrected chi connectivity index (χ1v) is 8.74. The Hall–Kier alpha value is -2.59. The second kappa shape index (κ2) is 7.11. The van der Waals surface area contributed by atoms with Gasteiger partial charge in [0.05, 0.1) is 12.5 Å². The summed E-state index contributed by atoms with van der Waals surface area (Å²) in [5.74, 6) is 0.731. The molecule has 1 aromatic heterocycles. The van der Waals surface area contributed by atoms with Crippen LogP contribution < -0.4 is 5.32 Å². The fourth-order valence-electron chi connectivity index (χ4n) is 3.34. The maximum atomic E-state index is 12.5. The molecular weight excluding hydrogens is 314 g/mol. The number of fused-ring (bicyclic) bond motifs is 1. The van der Waals surface area contributed by atoms with Crippen LogP contribution in [0.3, 0.4) is 0 Å². The van der Waals surface area contributed by atoms with E-state index >= 15 is 0 Å². The van der Waals surface area contributed by atoms with Gasteiger partial charge in [0.25, 0.3) is 0 Å². The molecular formula is C21H21NO3. The quantitative estimate of drug-likeness (QED) is 0.760. The summed E-state index contributed by atoms with van der Waals surface area (Å²) < 4.78 is 11.6. The van der Waals surface area contributed by atoms with Crippen molar-refractivity contribution in [3.05, 3.63) is 72.0 Å². The fourth-order valence-corrected chi connectivity index (χ4v) is 3.34. The van der Waals surface area contributed by atoms with Crippen molar-refractivity contribution >= 4 is 16.9 Å². The van der Waals surface area contributed by atoms with E-state index in [0.29, 0.717) is 6.42 Å². The Morgan fingerprint density at radius 3 is 2.68 bits per heavy atom. The largest absolute Gasteiger partial charge is 0.459 e. The average molecular weight is 335 g/mol. The fraction of sp³-hybridized carbons (Fsp3) is 0.286. The third-order valence-electron chi connectivity index (χ3n) is 4.60. The van der Waals surface area contributed by atoms with Crippen molar-refractivity contribution in [1.82, 2.24) is 5.32 Å². The number of hydrogen-bond acceptors (Lipinski definition) is 3. The predicted octanol–water partition coefficient (Wildman–Crippen LogP) is 4.21. The van der Waals surface area contributed by atoms with E-state index in [1.807, 2.05) is 60.7 Å². The van der Waals surface area contributed by atoms with Gasteiger partial charge in [0.2, 0.25) is 5.91 Å². The van der Waals surface area contributed by atoms with Crippen LogP contribution in [0.25, 0.3) is 11.0 Å². The summed E-state index contributed by atoms with van der Waals surface area (Å²) in [7, 11) is 0. The first-order valence-electron chi connectivity index (χ1n) is 8.74. The van der Waals surface area contributed by atoms with E-state index in [2.05, 4.69) is 5.32 Å². The van der Waals surface area contributed by atoms with Gasteiger partial charge < -0.3 is 14.5 Å². The van der Waals surface area contributed by atoms with Crippen LogP contribution in [-0.2, 0) is 9.53 Å². The molecule has 1 fully saturated rings. The molecule has 4 nitrogen and oxygen atoms in total. The van der Waals surface area contributed by atoms with E-state index in [1.54, 1.807) is 0 Å². The van der Waals surface area contributed by atoms with Gasteiger partial charge in [-0.25, -0.2) is 0 Å². The standard InChI is InChI=1S/C21H21NO3/c23-20(14-17-10-6-12-24-17)22-21(15-7-2-1-3-8-15)19-13-16-9-4-5-11-18(16)25-19/h1-5,7-9,11,13,17,21H,6,10,12,14H2,(H,22,23)/t17-,21+/m1/s1.